The molecule has 2 rings (SSSR count). The van der Waals surface area contributed by atoms with Crippen molar-refractivity contribution in [1.82, 2.24) is 5.32 Å². The van der Waals surface area contributed by atoms with E-state index >= 15 is 0 Å². The average molecular weight is 347 g/mol. The predicted octanol–water partition coefficient (Wildman–Crippen LogP) is 3.41. The molecule has 0 aromatic heterocycles. The van der Waals surface area contributed by atoms with Crippen LogP contribution in [0.1, 0.15) is 28.8 Å². The highest BCUT2D eigenvalue weighted by atomic mass is 79.9. The molecule has 1 aliphatic carbocycles. The molecule has 2 nitrogen and oxygen atoms in total. The molecule has 0 bridgehead atoms. The Kier molecular flexibility index (Phi) is 3.40. The minimum absolute atomic E-state index is 0.0120. The number of hydrogen-bond donors (Lipinski definition) is 1. The number of carbonyl (C=O) groups is 1. The van der Waals surface area contributed by atoms with Gasteiger partial charge in [0.1, 0.15) is 0 Å². The van der Waals surface area contributed by atoms with E-state index in [0.717, 1.165) is 33.8 Å². The van der Waals surface area contributed by atoms with Gasteiger partial charge in [0.05, 0.1) is 5.54 Å². The lowest BCUT2D eigenvalue weighted by Crippen LogP contribution is -2.38. The number of benzene rings is 1. The van der Waals surface area contributed by atoms with Crippen LogP contribution in [0, 0.1) is 6.92 Å². The van der Waals surface area contributed by atoms with Gasteiger partial charge in [-0.3, -0.25) is 4.79 Å². The topological polar surface area (TPSA) is 29.1 Å². The molecule has 0 unspecified atom stereocenters. The van der Waals surface area contributed by atoms with Crippen molar-refractivity contribution >= 4 is 37.8 Å². The van der Waals surface area contributed by atoms with Crippen LogP contribution in [0.25, 0.3) is 0 Å². The lowest BCUT2D eigenvalue weighted by molar-refractivity contribution is 0.0936. The number of amides is 1. The summed E-state index contributed by atoms with van der Waals surface area (Å²) in [6.45, 7) is 1.98. The Balaban J connectivity index is 2.12. The SMILES string of the molecule is Cc1cc(C(=O)NC2(CBr)CC2)ccc1Br. The van der Waals surface area contributed by atoms with Crippen molar-refractivity contribution in [3.63, 3.8) is 0 Å². The molecule has 0 saturated heterocycles. The summed E-state index contributed by atoms with van der Waals surface area (Å²) in [4.78, 5) is 12.0. The standard InChI is InChI=1S/C12H13Br2NO/c1-8-6-9(2-3-10(8)14)11(16)15-12(7-13)4-5-12/h2-3,6H,4-5,7H2,1H3,(H,15,16). The first-order chi connectivity index (χ1) is 7.56. The Bertz CT molecular complexity index is 427. The summed E-state index contributed by atoms with van der Waals surface area (Å²) < 4.78 is 1.03. The van der Waals surface area contributed by atoms with Crippen molar-refractivity contribution < 1.29 is 4.79 Å². The van der Waals surface area contributed by atoms with Crippen molar-refractivity contribution in [3.05, 3.63) is 33.8 Å². The monoisotopic (exact) mass is 345 g/mol. The molecule has 1 aromatic carbocycles. The van der Waals surface area contributed by atoms with Crippen molar-refractivity contribution in [2.24, 2.45) is 0 Å². The third-order valence-corrected chi connectivity index (χ3v) is 4.87. The number of aryl methyl sites for hydroxylation is 1. The summed E-state index contributed by atoms with van der Waals surface area (Å²) in [5.41, 5.74) is 1.82. The summed E-state index contributed by atoms with van der Waals surface area (Å²) in [5, 5.41) is 3.91. The van der Waals surface area contributed by atoms with Crippen LogP contribution in [0.3, 0.4) is 0 Å². The fourth-order valence-electron chi connectivity index (χ4n) is 1.54. The van der Waals surface area contributed by atoms with E-state index in [4.69, 9.17) is 0 Å². The van der Waals surface area contributed by atoms with E-state index in [-0.39, 0.29) is 11.4 Å². The first-order valence-electron chi connectivity index (χ1n) is 5.21. The molecule has 0 heterocycles. The third-order valence-electron chi connectivity index (χ3n) is 2.91. The number of alkyl halides is 1. The van der Waals surface area contributed by atoms with Crippen LogP contribution in [0.15, 0.2) is 22.7 Å². The van der Waals surface area contributed by atoms with Gasteiger partial charge in [-0.15, -0.1) is 0 Å². The quantitative estimate of drug-likeness (QED) is 0.835. The Morgan fingerprint density at radius 3 is 2.69 bits per heavy atom. The Morgan fingerprint density at radius 1 is 1.50 bits per heavy atom. The van der Waals surface area contributed by atoms with E-state index < -0.39 is 0 Å². The number of carbonyl (C=O) groups excluding carboxylic acids is 1. The largest absolute Gasteiger partial charge is 0.346 e. The zero-order valence-electron chi connectivity index (χ0n) is 9.02. The molecule has 86 valence electrons. The number of rotatable bonds is 3. The molecule has 1 N–H and O–H groups in total. The van der Waals surface area contributed by atoms with Gasteiger partial charge in [-0.25, -0.2) is 0 Å². The Labute approximate surface area is 112 Å². The number of nitrogens with one attached hydrogen (secondary N) is 1. The maximum Gasteiger partial charge on any atom is 0.251 e. The fourth-order valence-corrected chi connectivity index (χ4v) is 2.49. The van der Waals surface area contributed by atoms with Crippen LogP contribution in [-0.2, 0) is 0 Å². The van der Waals surface area contributed by atoms with E-state index in [1.807, 2.05) is 25.1 Å². The van der Waals surface area contributed by atoms with Gasteiger partial charge in [-0.2, -0.15) is 0 Å². The molecule has 0 aliphatic heterocycles. The van der Waals surface area contributed by atoms with Gasteiger partial charge in [0.25, 0.3) is 5.91 Å². The maximum absolute atomic E-state index is 12.0. The normalized spacial score (nSPS) is 16.9. The highest BCUT2D eigenvalue weighted by Gasteiger charge is 2.42. The first kappa shape index (κ1) is 12.1. The summed E-state index contributed by atoms with van der Waals surface area (Å²) >= 11 is 6.86. The van der Waals surface area contributed by atoms with Gasteiger partial charge >= 0.3 is 0 Å². The van der Waals surface area contributed by atoms with Crippen molar-refractivity contribution in [2.75, 3.05) is 5.33 Å². The second-order valence-electron chi connectivity index (χ2n) is 4.33. The van der Waals surface area contributed by atoms with Crippen molar-refractivity contribution in [2.45, 2.75) is 25.3 Å². The maximum atomic E-state index is 12.0. The smallest absolute Gasteiger partial charge is 0.251 e. The molecule has 0 radical (unpaired) electrons. The highest BCUT2D eigenvalue weighted by Crippen LogP contribution is 2.37. The van der Waals surface area contributed by atoms with E-state index in [9.17, 15) is 4.79 Å². The molecular weight excluding hydrogens is 334 g/mol. The van der Waals surface area contributed by atoms with E-state index in [1.54, 1.807) is 0 Å². The lowest BCUT2D eigenvalue weighted by atomic mass is 10.1. The van der Waals surface area contributed by atoms with E-state index in [1.165, 1.54) is 0 Å². The zero-order valence-corrected chi connectivity index (χ0v) is 12.2. The molecule has 1 fully saturated rings. The van der Waals surface area contributed by atoms with E-state index in [2.05, 4.69) is 37.2 Å². The molecule has 1 amide bonds. The van der Waals surface area contributed by atoms with Gasteiger partial charge in [0.2, 0.25) is 0 Å². The predicted molar refractivity (Wildman–Crippen MR) is 72.1 cm³/mol. The van der Waals surface area contributed by atoms with Crippen LogP contribution >= 0.6 is 31.9 Å². The van der Waals surface area contributed by atoms with Crippen molar-refractivity contribution in [1.29, 1.82) is 0 Å². The lowest BCUT2D eigenvalue weighted by Gasteiger charge is -2.14. The summed E-state index contributed by atoms with van der Waals surface area (Å²) in [5.74, 6) is 0.0209. The Hall–Kier alpha value is -0.350. The molecule has 1 aromatic rings. The molecule has 16 heavy (non-hydrogen) atoms. The first-order valence-corrected chi connectivity index (χ1v) is 7.12. The van der Waals surface area contributed by atoms with Gasteiger partial charge in [0.15, 0.2) is 0 Å². The van der Waals surface area contributed by atoms with Crippen LogP contribution in [0.5, 0.6) is 0 Å². The molecule has 4 heteroatoms. The number of hydrogen-bond acceptors (Lipinski definition) is 1. The average Bonchev–Trinajstić information content (AvgIpc) is 3.02. The Morgan fingerprint density at radius 2 is 2.19 bits per heavy atom. The fraction of sp³-hybridized carbons (Fsp3) is 0.417. The van der Waals surface area contributed by atoms with Gasteiger partial charge in [-0.1, -0.05) is 31.9 Å². The minimum atomic E-state index is 0.0120. The van der Waals surface area contributed by atoms with Gasteiger partial charge in [0, 0.05) is 15.4 Å². The summed E-state index contributed by atoms with van der Waals surface area (Å²) in [6, 6.07) is 5.67. The molecule has 0 atom stereocenters. The molecule has 0 spiro atoms. The summed E-state index contributed by atoms with van der Waals surface area (Å²) in [7, 11) is 0. The van der Waals surface area contributed by atoms with Crippen LogP contribution in [-0.4, -0.2) is 16.8 Å². The molecule has 1 aliphatic rings. The van der Waals surface area contributed by atoms with Crippen LogP contribution in [0.4, 0.5) is 0 Å². The highest BCUT2D eigenvalue weighted by molar-refractivity contribution is 9.10. The second-order valence-corrected chi connectivity index (χ2v) is 5.75. The molecular formula is C12H13Br2NO. The third kappa shape index (κ3) is 2.48. The zero-order chi connectivity index (χ0) is 11.8. The minimum Gasteiger partial charge on any atom is -0.346 e. The summed E-state index contributed by atoms with van der Waals surface area (Å²) in [6.07, 6.45) is 2.14. The van der Waals surface area contributed by atoms with Crippen molar-refractivity contribution in [3.8, 4) is 0 Å². The van der Waals surface area contributed by atoms with E-state index in [0.29, 0.717) is 0 Å². The van der Waals surface area contributed by atoms with Crippen LogP contribution < -0.4 is 5.32 Å². The van der Waals surface area contributed by atoms with Gasteiger partial charge in [-0.05, 0) is 43.5 Å². The molecule has 1 saturated carbocycles. The second kappa shape index (κ2) is 4.49. The van der Waals surface area contributed by atoms with Gasteiger partial charge < -0.3 is 5.32 Å². The van der Waals surface area contributed by atoms with Crippen LogP contribution in [0.2, 0.25) is 0 Å². The number of halogens is 2.